The number of benzene rings is 2. The van der Waals surface area contributed by atoms with Crippen LogP contribution in [0.15, 0.2) is 42.0 Å². The molecule has 11 heteroatoms. The summed E-state index contributed by atoms with van der Waals surface area (Å²) in [4.78, 5) is 44.3. The summed E-state index contributed by atoms with van der Waals surface area (Å²) in [5.74, 6) is 2.42. The van der Waals surface area contributed by atoms with Gasteiger partial charge in [-0.25, -0.2) is 14.6 Å². The average Bonchev–Trinajstić information content (AvgIpc) is 3.73. The van der Waals surface area contributed by atoms with E-state index in [1.54, 1.807) is 0 Å². The van der Waals surface area contributed by atoms with Crippen LogP contribution in [0.25, 0.3) is 33.5 Å². The van der Waals surface area contributed by atoms with Gasteiger partial charge in [0.1, 0.15) is 41.7 Å². The number of aromatic amines is 1. The van der Waals surface area contributed by atoms with E-state index in [0.29, 0.717) is 26.2 Å². The van der Waals surface area contributed by atoms with E-state index in [9.17, 15) is 9.59 Å². The maximum Gasteiger partial charge on any atom is 0.410 e. The smallest absolute Gasteiger partial charge is 0.410 e. The quantitative estimate of drug-likeness (QED) is 0.274. The fraction of sp³-hybridized carbons (Fsp3) is 0.522. The molecule has 2 saturated heterocycles. The summed E-state index contributed by atoms with van der Waals surface area (Å²) in [5.41, 5.74) is 10.1. The van der Waals surface area contributed by atoms with Crippen LogP contribution in [0.4, 0.5) is 9.59 Å². The Morgan fingerprint density at radius 3 is 1.88 bits per heavy atom. The van der Waals surface area contributed by atoms with Crippen molar-refractivity contribution in [2.45, 2.75) is 130 Å². The molecule has 11 nitrogen and oxygen atoms in total. The molecule has 1 aromatic heterocycles. The molecule has 4 fully saturated rings. The predicted molar refractivity (Wildman–Crippen MR) is 218 cm³/mol. The van der Waals surface area contributed by atoms with Gasteiger partial charge in [-0.2, -0.15) is 0 Å². The number of allylic oxidation sites excluding steroid dienone is 2. The molecule has 2 saturated carbocycles. The number of carbonyl (C=O) groups is 2. The summed E-state index contributed by atoms with van der Waals surface area (Å²) in [6.45, 7) is 19.9. The number of aliphatic imine (C=N–C) groups is 1. The second-order valence-electron chi connectivity index (χ2n) is 19.8. The van der Waals surface area contributed by atoms with Gasteiger partial charge in [-0.3, -0.25) is 14.8 Å². The lowest BCUT2D eigenvalue weighted by molar-refractivity contribution is 0.0210. The Balaban J connectivity index is 0.920. The van der Waals surface area contributed by atoms with Crippen LogP contribution < -0.4 is 9.47 Å². The second-order valence-corrected chi connectivity index (χ2v) is 19.8. The molecule has 0 unspecified atom stereocenters. The van der Waals surface area contributed by atoms with Crippen LogP contribution in [0, 0.1) is 10.8 Å². The van der Waals surface area contributed by atoms with E-state index in [2.05, 4.69) is 35.8 Å². The fourth-order valence-corrected chi connectivity index (χ4v) is 9.66. The van der Waals surface area contributed by atoms with Crippen molar-refractivity contribution in [3.8, 4) is 33.9 Å². The number of carbonyl (C=O) groups excluding carboxylic acids is 2. The molecule has 10 rings (SSSR count). The number of rotatable bonds is 5. The van der Waals surface area contributed by atoms with Gasteiger partial charge in [-0.15, -0.1) is 0 Å². The number of nitrogens with zero attached hydrogens (tertiary/aromatic N) is 4. The van der Waals surface area contributed by atoms with Crippen molar-refractivity contribution in [2.75, 3.05) is 13.1 Å². The molecule has 5 aliphatic heterocycles. The first-order valence-electron chi connectivity index (χ1n) is 20.6. The molecular weight excluding hydrogens is 719 g/mol. The first-order chi connectivity index (χ1) is 27.0. The van der Waals surface area contributed by atoms with Crippen LogP contribution in [0.3, 0.4) is 0 Å². The van der Waals surface area contributed by atoms with Crippen LogP contribution in [-0.2, 0) is 22.7 Å². The summed E-state index contributed by atoms with van der Waals surface area (Å²) >= 11 is 0. The van der Waals surface area contributed by atoms with E-state index in [-0.39, 0.29) is 35.1 Å². The third-order valence-electron chi connectivity index (χ3n) is 12.8. The largest absolute Gasteiger partial charge is 0.488 e. The van der Waals surface area contributed by atoms with Gasteiger partial charge in [0.25, 0.3) is 0 Å². The van der Waals surface area contributed by atoms with Gasteiger partial charge >= 0.3 is 12.2 Å². The highest BCUT2D eigenvalue weighted by Gasteiger charge is 2.56. The van der Waals surface area contributed by atoms with E-state index in [4.69, 9.17) is 28.9 Å². The minimum atomic E-state index is -0.585. The number of hydrogen-bond donors (Lipinski definition) is 1. The monoisotopic (exact) mass is 771 g/mol. The van der Waals surface area contributed by atoms with E-state index in [1.165, 1.54) is 0 Å². The zero-order chi connectivity index (χ0) is 39.8. The standard InChI is InChI=1S/C46H53N5O6/c1-25(2)38-39(49-40(48-38)33-19-46(11-12-46)24-51(33)42(53)57-44(6,7)8)27-14-30-22-54-34-16-26(13-29-21-55-35(17-27)37(30)36(29)34)28-15-31(47-20-28)32-18-45(9-10-45)23-50(32)41(52)56-43(3,4)5/h13-14,16-17,20,32-33H,1,9-12,15,18-19,21-24H2,2-8H3,(H,48,49)/t32-,33-/m0/s1. The Kier molecular flexibility index (Phi) is 7.78. The van der Waals surface area contributed by atoms with Gasteiger partial charge < -0.3 is 23.9 Å². The predicted octanol–water partition coefficient (Wildman–Crippen LogP) is 10.00. The van der Waals surface area contributed by atoms with Gasteiger partial charge in [0.15, 0.2) is 0 Å². The van der Waals surface area contributed by atoms with Gasteiger partial charge in [0, 0.05) is 59.2 Å². The highest BCUT2D eigenvalue weighted by atomic mass is 16.6. The minimum Gasteiger partial charge on any atom is -0.488 e. The highest BCUT2D eigenvalue weighted by molar-refractivity contribution is 6.03. The maximum absolute atomic E-state index is 13.5. The van der Waals surface area contributed by atoms with Crippen molar-refractivity contribution in [1.29, 1.82) is 0 Å². The Bertz CT molecular complexity index is 2280. The van der Waals surface area contributed by atoms with Gasteiger partial charge in [-0.1, -0.05) is 6.58 Å². The lowest BCUT2D eigenvalue weighted by Gasteiger charge is -2.31. The van der Waals surface area contributed by atoms with Crippen molar-refractivity contribution in [3.05, 3.63) is 65.3 Å². The number of likely N-dealkylation sites (tertiary alicyclic amines) is 2. The number of hydrogen-bond acceptors (Lipinski definition) is 8. The summed E-state index contributed by atoms with van der Waals surface area (Å²) in [6.07, 6.45) is 8.44. The molecule has 2 atom stereocenters. The number of ether oxygens (including phenoxy) is 4. The number of nitrogens with one attached hydrogen (secondary N) is 1. The zero-order valence-electron chi connectivity index (χ0n) is 34.3. The van der Waals surface area contributed by atoms with Crippen molar-refractivity contribution < 1.29 is 28.5 Å². The molecule has 2 aliphatic carbocycles. The summed E-state index contributed by atoms with van der Waals surface area (Å²) in [5, 5.41) is 0. The molecule has 3 aromatic rings. The number of imidazole rings is 1. The third-order valence-corrected chi connectivity index (χ3v) is 12.8. The normalized spacial score (nSPS) is 23.1. The average molecular weight is 772 g/mol. The molecule has 7 aliphatic rings. The molecule has 1 N–H and O–H groups in total. The van der Waals surface area contributed by atoms with Crippen LogP contribution in [0.2, 0.25) is 0 Å². The Morgan fingerprint density at radius 1 is 0.807 bits per heavy atom. The van der Waals surface area contributed by atoms with Crippen molar-refractivity contribution in [2.24, 2.45) is 15.8 Å². The van der Waals surface area contributed by atoms with E-state index >= 15 is 0 Å². The number of H-pyrrole nitrogens is 1. The van der Waals surface area contributed by atoms with Gasteiger partial charge in [0.05, 0.1) is 23.5 Å². The molecular formula is C46H53N5O6. The number of aromatic nitrogens is 2. The first kappa shape index (κ1) is 36.3. The molecule has 57 heavy (non-hydrogen) atoms. The van der Waals surface area contributed by atoms with E-state index < -0.39 is 11.2 Å². The molecule has 2 spiro atoms. The van der Waals surface area contributed by atoms with E-state index in [0.717, 1.165) is 124 Å². The van der Waals surface area contributed by atoms with Crippen LogP contribution in [0.1, 0.15) is 128 Å². The molecule has 2 aromatic carbocycles. The minimum absolute atomic E-state index is 0.0523. The zero-order valence-corrected chi connectivity index (χ0v) is 34.3. The third kappa shape index (κ3) is 6.41. The van der Waals surface area contributed by atoms with Crippen LogP contribution in [0.5, 0.6) is 11.5 Å². The lowest BCUT2D eigenvalue weighted by atomic mass is 9.86. The first-order valence-corrected chi connectivity index (χ1v) is 20.6. The van der Waals surface area contributed by atoms with Gasteiger partial charge in [0.2, 0.25) is 0 Å². The Hall–Kier alpha value is -5.06. The summed E-state index contributed by atoms with van der Waals surface area (Å²) < 4.78 is 24.8. The maximum atomic E-state index is 13.5. The molecule has 0 radical (unpaired) electrons. The summed E-state index contributed by atoms with van der Waals surface area (Å²) in [7, 11) is 0. The SMILES string of the molecule is C=C(C)c1nc([C@@H]2CC3(CC3)CN2C(=O)OC(C)(C)C)[nH]c1-c1cc2c3c(c1)OCc1cc(C4=CN=C([C@@H]5CC6(CC6)CN5C(=O)OC(C)(C)C)C4)cc(c1-3)OC2. The number of amides is 2. The van der Waals surface area contributed by atoms with Gasteiger partial charge in [-0.05, 0) is 139 Å². The van der Waals surface area contributed by atoms with Crippen molar-refractivity contribution in [3.63, 3.8) is 0 Å². The Labute approximate surface area is 334 Å². The van der Waals surface area contributed by atoms with Crippen molar-refractivity contribution in [1.82, 2.24) is 19.8 Å². The van der Waals surface area contributed by atoms with E-state index in [1.807, 2.05) is 64.5 Å². The van der Waals surface area contributed by atoms with Crippen molar-refractivity contribution >= 4 is 29.0 Å². The molecule has 6 heterocycles. The highest BCUT2D eigenvalue weighted by Crippen LogP contribution is 2.59. The second kappa shape index (κ2) is 12.2. The topological polar surface area (TPSA) is 119 Å². The molecule has 2 amide bonds. The summed E-state index contributed by atoms with van der Waals surface area (Å²) in [6, 6.07) is 8.37. The molecule has 0 bridgehead atoms. The van der Waals surface area contributed by atoms with Crippen LogP contribution in [-0.4, -0.2) is 68.0 Å². The molecule has 298 valence electrons. The lowest BCUT2D eigenvalue weighted by Crippen LogP contribution is -2.43. The Morgan fingerprint density at radius 2 is 1.33 bits per heavy atom. The fourth-order valence-electron chi connectivity index (χ4n) is 9.66. The van der Waals surface area contributed by atoms with Crippen LogP contribution >= 0.6 is 0 Å².